The number of carboxylic acid groups (broad SMARTS) is 1. The highest BCUT2D eigenvalue weighted by atomic mass is 17.3. The standard InChI is InChI=1S/C24H36N2O10/c1-12-4-5-15-13(2)21(33-22-24(15)14(12)10-11-23(3,34-22)35-36-24)32-19(29)9-8-18(28)26-16(20(30)31)6-7-17(25)27/h12-16,21-22H,4-11H2,1-3H3,(H2,25,27)(H,26,28)(H,30,31)/t12-,13-,14+,15+,16?,21-,22-,23-,24?/m1/s1. The summed E-state index contributed by atoms with van der Waals surface area (Å²) >= 11 is 0. The van der Waals surface area contributed by atoms with Crippen LogP contribution in [0.1, 0.15) is 72.1 Å². The molecule has 5 aliphatic rings. The second-order valence-corrected chi connectivity index (χ2v) is 10.7. The molecular weight excluding hydrogens is 476 g/mol. The first-order valence-corrected chi connectivity index (χ1v) is 12.7. The average Bonchev–Trinajstić information content (AvgIpc) is 3.04. The Hall–Kier alpha value is -2.28. The highest BCUT2D eigenvalue weighted by molar-refractivity contribution is 5.86. The zero-order valence-electron chi connectivity index (χ0n) is 20.9. The van der Waals surface area contributed by atoms with E-state index in [-0.39, 0.29) is 43.4 Å². The number of esters is 1. The molecule has 202 valence electrons. The van der Waals surface area contributed by atoms with Gasteiger partial charge in [-0.1, -0.05) is 13.8 Å². The Morgan fingerprint density at radius 1 is 1.08 bits per heavy atom. The number of fused-ring (bicyclic) bond motifs is 2. The molecule has 9 atom stereocenters. The van der Waals surface area contributed by atoms with Gasteiger partial charge in [-0.25, -0.2) is 14.6 Å². The molecule has 12 heteroatoms. The monoisotopic (exact) mass is 512 g/mol. The van der Waals surface area contributed by atoms with Crippen molar-refractivity contribution in [2.45, 2.75) is 102 Å². The molecule has 1 spiro atoms. The molecule has 2 unspecified atom stereocenters. The van der Waals surface area contributed by atoms with Crippen LogP contribution in [0.4, 0.5) is 0 Å². The van der Waals surface area contributed by atoms with E-state index in [4.69, 9.17) is 29.7 Å². The number of carboxylic acids is 1. The van der Waals surface area contributed by atoms with Crippen LogP contribution in [-0.2, 0) is 43.2 Å². The van der Waals surface area contributed by atoms with Crippen molar-refractivity contribution >= 4 is 23.8 Å². The fourth-order valence-electron chi connectivity index (χ4n) is 6.22. The van der Waals surface area contributed by atoms with Gasteiger partial charge < -0.3 is 30.4 Å². The molecule has 36 heavy (non-hydrogen) atoms. The lowest BCUT2D eigenvalue weighted by Gasteiger charge is -2.59. The molecule has 4 aliphatic heterocycles. The maximum atomic E-state index is 12.6. The Bertz CT molecular complexity index is 898. The average molecular weight is 513 g/mol. The van der Waals surface area contributed by atoms with Crippen molar-refractivity contribution in [3.63, 3.8) is 0 Å². The van der Waals surface area contributed by atoms with Crippen LogP contribution >= 0.6 is 0 Å². The number of carbonyl (C=O) groups is 4. The van der Waals surface area contributed by atoms with Gasteiger partial charge in [0.25, 0.3) is 0 Å². The molecule has 12 nitrogen and oxygen atoms in total. The van der Waals surface area contributed by atoms with E-state index >= 15 is 0 Å². The summed E-state index contributed by atoms with van der Waals surface area (Å²) in [6.07, 6.45) is 0.910. The predicted octanol–water partition coefficient (Wildman–Crippen LogP) is 1.35. The van der Waals surface area contributed by atoms with E-state index in [1.54, 1.807) is 0 Å². The van der Waals surface area contributed by atoms with E-state index in [0.717, 1.165) is 19.3 Å². The number of ether oxygens (including phenoxy) is 3. The molecule has 4 N–H and O–H groups in total. The second-order valence-electron chi connectivity index (χ2n) is 10.7. The summed E-state index contributed by atoms with van der Waals surface area (Å²) in [5, 5.41) is 11.5. The lowest BCUT2D eigenvalue weighted by atomic mass is 9.58. The number of primary amides is 1. The maximum Gasteiger partial charge on any atom is 0.326 e. The normalized spacial score (nSPS) is 39.9. The minimum atomic E-state index is -1.29. The Morgan fingerprint density at radius 3 is 2.53 bits per heavy atom. The lowest BCUT2D eigenvalue weighted by molar-refractivity contribution is -0.576. The van der Waals surface area contributed by atoms with E-state index < -0.39 is 53.8 Å². The van der Waals surface area contributed by atoms with Crippen LogP contribution in [0.2, 0.25) is 0 Å². The van der Waals surface area contributed by atoms with Crippen molar-refractivity contribution in [1.29, 1.82) is 0 Å². The van der Waals surface area contributed by atoms with Gasteiger partial charge in [-0.15, -0.1) is 0 Å². The maximum absolute atomic E-state index is 12.6. The quantitative estimate of drug-likeness (QED) is 0.302. The van der Waals surface area contributed by atoms with Gasteiger partial charge in [0, 0.05) is 31.1 Å². The lowest BCUT2D eigenvalue weighted by Crippen LogP contribution is -2.70. The van der Waals surface area contributed by atoms with Crippen LogP contribution in [0.3, 0.4) is 0 Å². The van der Waals surface area contributed by atoms with Gasteiger partial charge in [-0.05, 0) is 44.4 Å². The number of rotatable bonds is 9. The van der Waals surface area contributed by atoms with Gasteiger partial charge in [0.05, 0.1) is 6.42 Å². The van der Waals surface area contributed by atoms with Crippen LogP contribution in [-0.4, -0.2) is 58.9 Å². The molecular formula is C24H36N2O10. The minimum absolute atomic E-state index is 0.0113. The Labute approximate surface area is 209 Å². The van der Waals surface area contributed by atoms with Gasteiger partial charge in [0.15, 0.2) is 11.9 Å². The first kappa shape index (κ1) is 26.8. The second kappa shape index (κ2) is 10.2. The summed E-state index contributed by atoms with van der Waals surface area (Å²) < 4.78 is 18.1. The van der Waals surface area contributed by atoms with E-state index in [9.17, 15) is 24.3 Å². The Morgan fingerprint density at radius 2 is 1.83 bits per heavy atom. The van der Waals surface area contributed by atoms with Gasteiger partial charge in [-0.3, -0.25) is 14.4 Å². The molecule has 0 aromatic rings. The van der Waals surface area contributed by atoms with Gasteiger partial charge in [-0.2, -0.15) is 0 Å². The molecule has 1 saturated carbocycles. The molecule has 2 amide bonds. The first-order valence-electron chi connectivity index (χ1n) is 12.7. The van der Waals surface area contributed by atoms with Crippen molar-refractivity contribution in [2.24, 2.45) is 29.4 Å². The van der Waals surface area contributed by atoms with E-state index in [2.05, 4.69) is 12.2 Å². The molecule has 0 aromatic heterocycles. The Balaban J connectivity index is 1.36. The molecule has 4 heterocycles. The zero-order valence-corrected chi connectivity index (χ0v) is 20.9. The molecule has 4 saturated heterocycles. The highest BCUT2D eigenvalue weighted by Crippen LogP contribution is 2.60. The number of nitrogens with two attached hydrogens (primary N) is 1. The molecule has 2 bridgehead atoms. The smallest absolute Gasteiger partial charge is 0.326 e. The zero-order chi connectivity index (χ0) is 26.3. The fourth-order valence-corrected chi connectivity index (χ4v) is 6.22. The molecule has 1 aliphatic carbocycles. The third kappa shape index (κ3) is 5.09. The first-order chi connectivity index (χ1) is 16.9. The summed E-state index contributed by atoms with van der Waals surface area (Å²) in [5.41, 5.74) is 4.27. The molecule has 0 aromatic carbocycles. The predicted molar refractivity (Wildman–Crippen MR) is 120 cm³/mol. The molecule has 5 fully saturated rings. The minimum Gasteiger partial charge on any atom is -0.480 e. The third-order valence-corrected chi connectivity index (χ3v) is 8.21. The van der Waals surface area contributed by atoms with Crippen molar-refractivity contribution in [3.8, 4) is 0 Å². The van der Waals surface area contributed by atoms with Gasteiger partial charge in [0.2, 0.25) is 23.9 Å². The van der Waals surface area contributed by atoms with Crippen LogP contribution in [0.5, 0.6) is 0 Å². The molecule has 5 rings (SSSR count). The summed E-state index contributed by atoms with van der Waals surface area (Å²) in [6, 6.07) is -1.27. The van der Waals surface area contributed by atoms with Crippen molar-refractivity contribution in [3.05, 3.63) is 0 Å². The van der Waals surface area contributed by atoms with E-state index in [1.807, 2.05) is 13.8 Å². The van der Waals surface area contributed by atoms with Crippen molar-refractivity contribution in [1.82, 2.24) is 5.32 Å². The van der Waals surface area contributed by atoms with Crippen LogP contribution < -0.4 is 11.1 Å². The number of nitrogens with one attached hydrogen (secondary N) is 1. The Kier molecular flexibility index (Phi) is 7.61. The fraction of sp³-hybridized carbons (Fsp3) is 0.833. The van der Waals surface area contributed by atoms with Crippen LogP contribution in [0.15, 0.2) is 0 Å². The van der Waals surface area contributed by atoms with Crippen LogP contribution in [0.25, 0.3) is 0 Å². The molecule has 0 radical (unpaired) electrons. The summed E-state index contributed by atoms with van der Waals surface area (Å²) in [6.45, 7) is 5.97. The largest absolute Gasteiger partial charge is 0.480 e. The van der Waals surface area contributed by atoms with Crippen molar-refractivity contribution < 1.29 is 48.3 Å². The number of hydrogen-bond acceptors (Lipinski definition) is 9. The van der Waals surface area contributed by atoms with E-state index in [0.29, 0.717) is 12.3 Å². The van der Waals surface area contributed by atoms with E-state index in [1.165, 1.54) is 0 Å². The van der Waals surface area contributed by atoms with Crippen molar-refractivity contribution in [2.75, 3.05) is 0 Å². The number of aliphatic carboxylic acids is 1. The number of amides is 2. The summed E-state index contributed by atoms with van der Waals surface area (Å²) in [5.74, 6) is -3.82. The number of hydrogen-bond donors (Lipinski definition) is 3. The highest BCUT2D eigenvalue weighted by Gasteiger charge is 2.69. The van der Waals surface area contributed by atoms with Gasteiger partial charge in [0.1, 0.15) is 6.04 Å². The summed E-state index contributed by atoms with van der Waals surface area (Å²) in [7, 11) is 0. The third-order valence-electron chi connectivity index (χ3n) is 8.21. The van der Waals surface area contributed by atoms with Crippen LogP contribution in [0, 0.1) is 23.7 Å². The number of carbonyl (C=O) groups excluding carboxylic acids is 3. The summed E-state index contributed by atoms with van der Waals surface area (Å²) in [4.78, 5) is 58.9. The van der Waals surface area contributed by atoms with Gasteiger partial charge >= 0.3 is 11.9 Å². The topological polar surface area (TPSA) is 173 Å². The SMILES string of the molecule is C[C@H]1[C@H](OC(=O)CCC(=O)NC(CCC(N)=O)C(=O)O)O[C@@H]2O[C@@]3(C)CC[C@H]4[C@H](C)CC[C@@H]1C24OO3.